The summed E-state index contributed by atoms with van der Waals surface area (Å²) >= 11 is 6.13. The lowest BCUT2D eigenvalue weighted by Gasteiger charge is -2.16. The van der Waals surface area contributed by atoms with Crippen LogP contribution in [0.1, 0.15) is 18.1 Å². The molecule has 0 aromatic heterocycles. The Kier molecular flexibility index (Phi) is 5.98. The number of hydrogen-bond donors (Lipinski definition) is 2. The Labute approximate surface area is 194 Å². The minimum absolute atomic E-state index is 0.0434. The Morgan fingerprint density at radius 1 is 0.970 bits per heavy atom. The zero-order valence-electron chi connectivity index (χ0n) is 17.8. The van der Waals surface area contributed by atoms with Gasteiger partial charge in [-0.3, -0.25) is 14.4 Å². The van der Waals surface area contributed by atoms with Crippen LogP contribution >= 0.6 is 11.6 Å². The molecule has 1 heterocycles. The minimum atomic E-state index is -0.620. The summed E-state index contributed by atoms with van der Waals surface area (Å²) in [5.74, 6) is -2.02. The minimum Gasteiger partial charge on any atom is -0.350 e. The molecule has 0 saturated carbocycles. The average Bonchev–Trinajstić information content (AvgIpc) is 3.00. The molecule has 1 aliphatic rings. The Morgan fingerprint density at radius 3 is 2.36 bits per heavy atom. The van der Waals surface area contributed by atoms with E-state index in [1.165, 1.54) is 25.1 Å². The van der Waals surface area contributed by atoms with E-state index in [9.17, 15) is 18.8 Å². The van der Waals surface area contributed by atoms with Crippen molar-refractivity contribution < 1.29 is 18.8 Å². The number of imide groups is 1. The van der Waals surface area contributed by atoms with E-state index in [1.807, 2.05) is 6.92 Å². The van der Waals surface area contributed by atoms with Crippen molar-refractivity contribution in [1.82, 2.24) is 0 Å². The van der Waals surface area contributed by atoms with Gasteiger partial charge in [0.1, 0.15) is 11.5 Å². The highest BCUT2D eigenvalue weighted by atomic mass is 35.5. The standard InChI is InChI=1S/C25H19ClFN3O3/c1-14-6-9-17(26)12-21(14)29-23-22(16-7-10-19(11-8-16)28-15(2)31)24(32)30(25(23)33)20-5-3-4-18(27)13-20/h3-13,29H,1-2H3,(H,28,31). The molecule has 0 atom stereocenters. The molecule has 1 aliphatic heterocycles. The highest BCUT2D eigenvalue weighted by molar-refractivity contribution is 6.46. The molecule has 33 heavy (non-hydrogen) atoms. The van der Waals surface area contributed by atoms with Gasteiger partial charge in [-0.25, -0.2) is 9.29 Å². The van der Waals surface area contributed by atoms with Crippen molar-refractivity contribution >= 4 is 52.0 Å². The van der Waals surface area contributed by atoms with Crippen molar-refractivity contribution in [2.45, 2.75) is 13.8 Å². The van der Waals surface area contributed by atoms with Gasteiger partial charge in [-0.15, -0.1) is 0 Å². The van der Waals surface area contributed by atoms with Gasteiger partial charge in [-0.2, -0.15) is 0 Å². The van der Waals surface area contributed by atoms with Crippen LogP contribution in [-0.4, -0.2) is 17.7 Å². The van der Waals surface area contributed by atoms with Gasteiger partial charge in [0.25, 0.3) is 11.8 Å². The largest absolute Gasteiger partial charge is 0.350 e. The van der Waals surface area contributed by atoms with Gasteiger partial charge < -0.3 is 10.6 Å². The van der Waals surface area contributed by atoms with Crippen LogP contribution in [0.25, 0.3) is 5.57 Å². The molecule has 3 amide bonds. The lowest BCUT2D eigenvalue weighted by molar-refractivity contribution is -0.120. The summed E-state index contributed by atoms with van der Waals surface area (Å²) in [7, 11) is 0. The summed E-state index contributed by atoms with van der Waals surface area (Å²) < 4.78 is 13.9. The van der Waals surface area contributed by atoms with Gasteiger partial charge in [0.2, 0.25) is 5.91 Å². The van der Waals surface area contributed by atoms with Gasteiger partial charge in [0, 0.05) is 23.3 Å². The fourth-order valence-electron chi connectivity index (χ4n) is 3.55. The number of anilines is 3. The smallest absolute Gasteiger partial charge is 0.282 e. The number of hydrogen-bond acceptors (Lipinski definition) is 4. The van der Waals surface area contributed by atoms with Crippen molar-refractivity contribution in [3.05, 3.63) is 94.4 Å². The molecule has 166 valence electrons. The molecular formula is C25H19ClFN3O3. The van der Waals surface area contributed by atoms with Crippen LogP contribution in [-0.2, 0) is 14.4 Å². The van der Waals surface area contributed by atoms with E-state index in [1.54, 1.807) is 42.5 Å². The first-order valence-corrected chi connectivity index (χ1v) is 10.4. The lowest BCUT2D eigenvalue weighted by Crippen LogP contribution is -2.32. The zero-order chi connectivity index (χ0) is 23.7. The van der Waals surface area contributed by atoms with Gasteiger partial charge >= 0.3 is 0 Å². The number of carbonyl (C=O) groups is 3. The number of nitrogens with zero attached hydrogens (tertiary/aromatic N) is 1. The monoisotopic (exact) mass is 463 g/mol. The normalized spacial score (nSPS) is 13.5. The van der Waals surface area contributed by atoms with Crippen LogP contribution in [0.5, 0.6) is 0 Å². The Balaban J connectivity index is 1.82. The second kappa shape index (κ2) is 8.88. The number of benzene rings is 3. The van der Waals surface area contributed by atoms with Gasteiger partial charge in [0.05, 0.1) is 11.3 Å². The first-order chi connectivity index (χ1) is 15.7. The second-order valence-electron chi connectivity index (χ2n) is 7.52. The van der Waals surface area contributed by atoms with E-state index in [4.69, 9.17) is 11.6 Å². The number of nitrogens with one attached hydrogen (secondary N) is 2. The van der Waals surface area contributed by atoms with Crippen LogP contribution in [0, 0.1) is 12.7 Å². The second-order valence-corrected chi connectivity index (χ2v) is 7.95. The molecule has 0 aliphatic carbocycles. The molecule has 2 N–H and O–H groups in total. The Morgan fingerprint density at radius 2 is 1.70 bits per heavy atom. The van der Waals surface area contributed by atoms with E-state index in [0.717, 1.165) is 16.5 Å². The predicted octanol–water partition coefficient (Wildman–Crippen LogP) is 5.14. The highest BCUT2D eigenvalue weighted by Crippen LogP contribution is 2.35. The molecule has 0 unspecified atom stereocenters. The van der Waals surface area contributed by atoms with Crippen LogP contribution < -0.4 is 15.5 Å². The number of carbonyl (C=O) groups excluding carboxylic acids is 3. The number of amides is 3. The molecule has 0 bridgehead atoms. The van der Waals surface area contributed by atoms with E-state index in [2.05, 4.69) is 10.6 Å². The molecule has 0 spiro atoms. The van der Waals surface area contributed by atoms with Gasteiger partial charge in [-0.1, -0.05) is 35.9 Å². The van der Waals surface area contributed by atoms with Gasteiger partial charge in [-0.05, 0) is 60.5 Å². The van der Waals surface area contributed by atoms with E-state index in [-0.39, 0.29) is 22.9 Å². The van der Waals surface area contributed by atoms with E-state index in [0.29, 0.717) is 22.0 Å². The quantitative estimate of drug-likeness (QED) is 0.513. The third kappa shape index (κ3) is 4.49. The van der Waals surface area contributed by atoms with E-state index < -0.39 is 17.6 Å². The Bertz CT molecular complexity index is 1320. The van der Waals surface area contributed by atoms with Gasteiger partial charge in [0.15, 0.2) is 0 Å². The summed E-state index contributed by atoms with van der Waals surface area (Å²) in [6.45, 7) is 3.23. The van der Waals surface area contributed by atoms with Crippen molar-refractivity contribution in [2.75, 3.05) is 15.5 Å². The molecule has 0 radical (unpaired) electrons. The first-order valence-electron chi connectivity index (χ1n) is 10.0. The van der Waals surface area contributed by atoms with Crippen LogP contribution in [0.3, 0.4) is 0 Å². The SMILES string of the molecule is CC(=O)Nc1ccc(C2=C(Nc3cc(Cl)ccc3C)C(=O)N(c3cccc(F)c3)C2=O)cc1. The third-order valence-corrected chi connectivity index (χ3v) is 5.34. The molecule has 3 aromatic carbocycles. The number of halogens is 2. The third-order valence-electron chi connectivity index (χ3n) is 5.10. The maximum Gasteiger partial charge on any atom is 0.282 e. The number of aryl methyl sites for hydroxylation is 1. The molecule has 3 aromatic rings. The van der Waals surface area contributed by atoms with Crippen molar-refractivity contribution in [2.24, 2.45) is 0 Å². The molecule has 8 heteroatoms. The summed E-state index contributed by atoms with van der Waals surface area (Å²) in [6, 6.07) is 17.0. The molecule has 0 saturated heterocycles. The van der Waals surface area contributed by atoms with Crippen molar-refractivity contribution in [3.63, 3.8) is 0 Å². The first kappa shape index (κ1) is 22.2. The van der Waals surface area contributed by atoms with Crippen molar-refractivity contribution in [1.29, 1.82) is 0 Å². The topological polar surface area (TPSA) is 78.5 Å². The predicted molar refractivity (Wildman–Crippen MR) is 126 cm³/mol. The summed E-state index contributed by atoms with van der Waals surface area (Å²) in [5, 5.41) is 6.18. The number of rotatable bonds is 5. The summed E-state index contributed by atoms with van der Waals surface area (Å²) in [4.78, 5) is 39.1. The average molecular weight is 464 g/mol. The fourth-order valence-corrected chi connectivity index (χ4v) is 3.72. The molecule has 4 rings (SSSR count). The van der Waals surface area contributed by atoms with Crippen LogP contribution in [0.15, 0.2) is 72.4 Å². The zero-order valence-corrected chi connectivity index (χ0v) is 18.5. The summed E-state index contributed by atoms with van der Waals surface area (Å²) in [5.41, 5.74) is 2.68. The summed E-state index contributed by atoms with van der Waals surface area (Å²) in [6.07, 6.45) is 0. The molecular weight excluding hydrogens is 445 g/mol. The lowest BCUT2D eigenvalue weighted by atomic mass is 10.0. The molecule has 0 fully saturated rings. The van der Waals surface area contributed by atoms with Crippen LogP contribution in [0.4, 0.5) is 21.5 Å². The fraction of sp³-hybridized carbons (Fsp3) is 0.0800. The van der Waals surface area contributed by atoms with Crippen LogP contribution in [0.2, 0.25) is 5.02 Å². The highest BCUT2D eigenvalue weighted by Gasteiger charge is 2.40. The maximum atomic E-state index is 13.9. The van der Waals surface area contributed by atoms with Crippen molar-refractivity contribution in [3.8, 4) is 0 Å². The van der Waals surface area contributed by atoms with E-state index >= 15 is 0 Å². The Hall–Kier alpha value is -3.97. The molecule has 6 nitrogen and oxygen atoms in total. The maximum absolute atomic E-state index is 13.9.